The molecular weight excluding hydrogens is 260 g/mol. The van der Waals surface area contributed by atoms with Gasteiger partial charge in [-0.15, -0.1) is 12.4 Å². The molecule has 19 heavy (non-hydrogen) atoms. The summed E-state index contributed by atoms with van der Waals surface area (Å²) in [6, 6.07) is 14.0. The van der Waals surface area contributed by atoms with Crippen LogP contribution in [0.25, 0.3) is 10.8 Å². The van der Waals surface area contributed by atoms with Gasteiger partial charge in [-0.2, -0.15) is 0 Å². The molecule has 0 heterocycles. The summed E-state index contributed by atoms with van der Waals surface area (Å²) in [4.78, 5) is 11.8. The Hall–Kier alpha value is -1.58. The van der Waals surface area contributed by atoms with Crippen molar-refractivity contribution in [3.8, 4) is 0 Å². The number of carbonyl (C=O) groups excluding carboxylic acids is 1. The van der Waals surface area contributed by atoms with Crippen LogP contribution in [-0.2, 0) is 4.79 Å². The number of benzene rings is 2. The zero-order chi connectivity index (χ0) is 13.0. The minimum Gasteiger partial charge on any atom is -0.328 e. The van der Waals surface area contributed by atoms with E-state index in [2.05, 4.69) is 5.32 Å². The molecule has 102 valence electrons. The smallest absolute Gasteiger partial charge is 0.224 e. The van der Waals surface area contributed by atoms with Gasteiger partial charge in [0.25, 0.3) is 0 Å². The van der Waals surface area contributed by atoms with Crippen LogP contribution < -0.4 is 11.1 Å². The molecule has 0 saturated carbocycles. The second-order valence-electron chi connectivity index (χ2n) is 4.59. The fourth-order valence-electron chi connectivity index (χ4n) is 1.91. The topological polar surface area (TPSA) is 55.1 Å². The number of hydrogen-bond donors (Lipinski definition) is 2. The lowest BCUT2D eigenvalue weighted by molar-refractivity contribution is -0.116. The third-order valence-corrected chi connectivity index (χ3v) is 2.89. The maximum Gasteiger partial charge on any atom is 0.224 e. The molecule has 3 N–H and O–H groups in total. The first-order valence-corrected chi connectivity index (χ1v) is 6.20. The lowest BCUT2D eigenvalue weighted by atomic mass is 10.1. The van der Waals surface area contributed by atoms with Gasteiger partial charge in [-0.25, -0.2) is 0 Å². The molecule has 0 aliphatic rings. The highest BCUT2D eigenvalue weighted by Crippen LogP contribution is 2.23. The molecule has 1 atom stereocenters. The van der Waals surface area contributed by atoms with E-state index in [-0.39, 0.29) is 24.4 Å². The van der Waals surface area contributed by atoms with Crippen molar-refractivity contribution < 1.29 is 4.79 Å². The summed E-state index contributed by atoms with van der Waals surface area (Å²) >= 11 is 0. The van der Waals surface area contributed by atoms with E-state index >= 15 is 0 Å². The van der Waals surface area contributed by atoms with Gasteiger partial charge in [0.2, 0.25) is 5.91 Å². The van der Waals surface area contributed by atoms with E-state index in [9.17, 15) is 4.79 Å². The van der Waals surface area contributed by atoms with E-state index in [0.29, 0.717) is 12.8 Å². The van der Waals surface area contributed by atoms with Crippen molar-refractivity contribution in [2.75, 3.05) is 5.32 Å². The van der Waals surface area contributed by atoms with Gasteiger partial charge in [0.05, 0.1) is 0 Å². The lowest BCUT2D eigenvalue weighted by Crippen LogP contribution is -2.19. The summed E-state index contributed by atoms with van der Waals surface area (Å²) in [5.41, 5.74) is 6.51. The van der Waals surface area contributed by atoms with Gasteiger partial charge in [0.1, 0.15) is 0 Å². The summed E-state index contributed by atoms with van der Waals surface area (Å²) in [7, 11) is 0. The number of fused-ring (bicyclic) bond motifs is 1. The molecule has 2 aromatic rings. The molecule has 3 nitrogen and oxygen atoms in total. The average molecular weight is 279 g/mol. The van der Waals surface area contributed by atoms with E-state index in [4.69, 9.17) is 5.73 Å². The van der Waals surface area contributed by atoms with Crippen molar-refractivity contribution in [1.29, 1.82) is 0 Å². The molecule has 4 heteroatoms. The molecule has 2 aromatic carbocycles. The molecule has 0 radical (unpaired) electrons. The summed E-state index contributed by atoms with van der Waals surface area (Å²) in [6.07, 6.45) is 1.16. The Bertz CT molecular complexity index is 549. The third-order valence-electron chi connectivity index (χ3n) is 2.89. The summed E-state index contributed by atoms with van der Waals surface area (Å²) < 4.78 is 0. The van der Waals surface area contributed by atoms with Crippen LogP contribution in [0.1, 0.15) is 19.8 Å². The van der Waals surface area contributed by atoms with Crippen molar-refractivity contribution in [3.05, 3.63) is 42.5 Å². The van der Waals surface area contributed by atoms with Gasteiger partial charge < -0.3 is 11.1 Å². The van der Waals surface area contributed by atoms with Gasteiger partial charge in [-0.1, -0.05) is 36.4 Å². The van der Waals surface area contributed by atoms with E-state index in [1.165, 1.54) is 0 Å². The molecule has 0 aliphatic carbocycles. The SMILES string of the molecule is CC(N)CCC(=O)Nc1cccc2ccccc12.Cl. The highest BCUT2D eigenvalue weighted by atomic mass is 35.5. The Morgan fingerprint density at radius 3 is 2.63 bits per heavy atom. The van der Waals surface area contributed by atoms with Crippen LogP contribution in [0.15, 0.2) is 42.5 Å². The quantitative estimate of drug-likeness (QED) is 0.901. The van der Waals surface area contributed by atoms with Crippen LogP contribution in [0.3, 0.4) is 0 Å². The van der Waals surface area contributed by atoms with E-state index < -0.39 is 0 Å². The zero-order valence-electron chi connectivity index (χ0n) is 10.9. The van der Waals surface area contributed by atoms with Crippen molar-refractivity contribution in [1.82, 2.24) is 0 Å². The van der Waals surface area contributed by atoms with Crippen molar-refractivity contribution in [2.45, 2.75) is 25.8 Å². The molecular formula is C15H19ClN2O. The third kappa shape index (κ3) is 4.23. The Morgan fingerprint density at radius 2 is 1.89 bits per heavy atom. The molecule has 0 fully saturated rings. The average Bonchev–Trinajstić information content (AvgIpc) is 2.37. The predicted molar refractivity (Wildman–Crippen MR) is 82.7 cm³/mol. The van der Waals surface area contributed by atoms with Gasteiger partial charge in [0.15, 0.2) is 0 Å². The Kier molecular flexibility index (Phi) is 5.80. The predicted octanol–water partition coefficient (Wildman–Crippen LogP) is 3.33. The second kappa shape index (κ2) is 7.12. The van der Waals surface area contributed by atoms with Crippen LogP contribution >= 0.6 is 12.4 Å². The van der Waals surface area contributed by atoms with Gasteiger partial charge in [0, 0.05) is 23.5 Å². The van der Waals surface area contributed by atoms with Crippen LogP contribution in [-0.4, -0.2) is 11.9 Å². The Labute approximate surface area is 119 Å². The first kappa shape index (κ1) is 15.5. The number of anilines is 1. The summed E-state index contributed by atoms with van der Waals surface area (Å²) in [5, 5.41) is 5.14. The van der Waals surface area contributed by atoms with E-state index in [1.54, 1.807) is 0 Å². The van der Waals surface area contributed by atoms with Gasteiger partial charge >= 0.3 is 0 Å². The van der Waals surface area contributed by atoms with Crippen molar-refractivity contribution in [2.24, 2.45) is 5.73 Å². The lowest BCUT2D eigenvalue weighted by Gasteiger charge is -2.09. The number of hydrogen-bond acceptors (Lipinski definition) is 2. The molecule has 0 aliphatic heterocycles. The monoisotopic (exact) mass is 278 g/mol. The van der Waals surface area contributed by atoms with E-state index in [1.807, 2.05) is 49.4 Å². The molecule has 0 aromatic heterocycles. The maximum atomic E-state index is 11.8. The first-order valence-electron chi connectivity index (χ1n) is 6.20. The van der Waals surface area contributed by atoms with Crippen LogP contribution in [0.5, 0.6) is 0 Å². The van der Waals surface area contributed by atoms with Crippen molar-refractivity contribution in [3.63, 3.8) is 0 Å². The van der Waals surface area contributed by atoms with Crippen LogP contribution in [0.4, 0.5) is 5.69 Å². The van der Waals surface area contributed by atoms with E-state index in [0.717, 1.165) is 16.5 Å². The Balaban J connectivity index is 0.00000180. The summed E-state index contributed by atoms with van der Waals surface area (Å²) in [5.74, 6) is 0.0173. The molecule has 2 rings (SSSR count). The minimum atomic E-state index is 0. The second-order valence-corrected chi connectivity index (χ2v) is 4.59. The number of nitrogens with two attached hydrogens (primary N) is 1. The fourth-order valence-corrected chi connectivity index (χ4v) is 1.91. The number of amides is 1. The minimum absolute atomic E-state index is 0. The molecule has 0 saturated heterocycles. The number of rotatable bonds is 4. The Morgan fingerprint density at radius 1 is 1.21 bits per heavy atom. The largest absolute Gasteiger partial charge is 0.328 e. The highest BCUT2D eigenvalue weighted by molar-refractivity contribution is 6.02. The number of halogens is 1. The van der Waals surface area contributed by atoms with Gasteiger partial charge in [-0.3, -0.25) is 4.79 Å². The number of nitrogens with one attached hydrogen (secondary N) is 1. The molecule has 1 unspecified atom stereocenters. The standard InChI is InChI=1S/C15H18N2O.ClH/c1-11(16)9-10-15(18)17-14-8-4-6-12-5-2-3-7-13(12)14;/h2-8,11H,9-10,16H2,1H3,(H,17,18);1H. The van der Waals surface area contributed by atoms with Gasteiger partial charge in [-0.05, 0) is 24.8 Å². The molecule has 1 amide bonds. The van der Waals surface area contributed by atoms with Crippen LogP contribution in [0, 0.1) is 0 Å². The number of carbonyl (C=O) groups is 1. The fraction of sp³-hybridized carbons (Fsp3) is 0.267. The van der Waals surface area contributed by atoms with Crippen molar-refractivity contribution >= 4 is 34.8 Å². The highest BCUT2D eigenvalue weighted by Gasteiger charge is 2.06. The molecule has 0 bridgehead atoms. The van der Waals surface area contributed by atoms with Crippen LogP contribution in [0.2, 0.25) is 0 Å². The maximum absolute atomic E-state index is 11.8. The zero-order valence-corrected chi connectivity index (χ0v) is 11.7. The first-order chi connectivity index (χ1) is 8.66. The normalized spacial score (nSPS) is 11.7. The summed E-state index contributed by atoms with van der Waals surface area (Å²) in [6.45, 7) is 1.91. The molecule has 0 spiro atoms.